The second-order valence-corrected chi connectivity index (χ2v) is 7.52. The summed E-state index contributed by atoms with van der Waals surface area (Å²) in [6.07, 6.45) is 3.26. The highest BCUT2D eigenvalue weighted by Crippen LogP contribution is 2.35. The van der Waals surface area contributed by atoms with E-state index in [1.54, 1.807) is 31.3 Å². The van der Waals surface area contributed by atoms with E-state index in [2.05, 4.69) is 22.4 Å². The lowest BCUT2D eigenvalue weighted by Crippen LogP contribution is -2.22. The van der Waals surface area contributed by atoms with E-state index in [9.17, 15) is 9.59 Å². The van der Waals surface area contributed by atoms with Gasteiger partial charge in [0.15, 0.2) is 0 Å². The van der Waals surface area contributed by atoms with E-state index >= 15 is 0 Å². The van der Waals surface area contributed by atoms with Crippen molar-refractivity contribution in [1.82, 2.24) is 5.32 Å². The van der Waals surface area contributed by atoms with Crippen LogP contribution >= 0.6 is 11.8 Å². The van der Waals surface area contributed by atoms with Gasteiger partial charge in [0.05, 0.1) is 22.8 Å². The number of para-hydroxylation sites is 1. The average molecular weight is 404 g/mol. The van der Waals surface area contributed by atoms with E-state index < -0.39 is 0 Å². The number of amides is 2. The molecule has 146 valence electrons. The normalized spacial score (nSPS) is 14.8. The molecule has 0 radical (unpaired) electrons. The molecule has 5 nitrogen and oxygen atoms in total. The maximum absolute atomic E-state index is 12.8. The minimum atomic E-state index is -0.241. The molecule has 0 unspecified atom stereocenters. The SMILES string of the molecule is CNC(=O)c1ccccc1NC(=O)C1=CSC(c2ccc3c(c2)CCO3)=C=CC1. The summed E-state index contributed by atoms with van der Waals surface area (Å²) in [4.78, 5) is 25.8. The Balaban J connectivity index is 1.50. The number of thioether (sulfide) groups is 1. The van der Waals surface area contributed by atoms with Crippen molar-refractivity contribution >= 4 is 34.2 Å². The number of anilines is 1. The standard InChI is InChI=1S/C23H20N2O3S/c1-24-23(27)18-6-2-3-7-19(18)25-22(26)17-5-4-8-21(29-14-17)16-9-10-20-15(13-16)11-12-28-20/h2-4,6-7,9-10,13-14H,5,11-12H2,1H3,(H,24,27)(H,25,26). The molecule has 2 N–H and O–H groups in total. The highest BCUT2D eigenvalue weighted by molar-refractivity contribution is 8.10. The molecule has 2 aliphatic heterocycles. The van der Waals surface area contributed by atoms with Crippen LogP contribution in [-0.2, 0) is 11.2 Å². The molecule has 2 aromatic rings. The number of carbonyl (C=O) groups excluding carboxylic acids is 2. The van der Waals surface area contributed by atoms with Gasteiger partial charge in [0.1, 0.15) is 5.75 Å². The van der Waals surface area contributed by atoms with Crippen molar-refractivity contribution in [2.24, 2.45) is 0 Å². The molecule has 0 bridgehead atoms. The number of rotatable bonds is 4. The van der Waals surface area contributed by atoms with Gasteiger partial charge in [0.2, 0.25) is 0 Å². The molecule has 2 aliphatic rings. The Hall–Kier alpha value is -3.21. The highest BCUT2D eigenvalue weighted by Gasteiger charge is 2.17. The predicted molar refractivity (Wildman–Crippen MR) is 116 cm³/mol. The van der Waals surface area contributed by atoms with E-state index in [0.29, 0.717) is 23.2 Å². The second kappa shape index (κ2) is 8.43. The fourth-order valence-corrected chi connectivity index (χ4v) is 4.10. The van der Waals surface area contributed by atoms with Crippen LogP contribution in [0.1, 0.15) is 27.9 Å². The first-order chi connectivity index (χ1) is 14.2. The molecule has 0 fully saturated rings. The molecule has 0 aliphatic carbocycles. The molecule has 29 heavy (non-hydrogen) atoms. The van der Waals surface area contributed by atoms with Crippen molar-refractivity contribution in [2.75, 3.05) is 19.0 Å². The molecular formula is C23H20N2O3S. The molecule has 0 saturated carbocycles. The molecule has 2 heterocycles. The Morgan fingerprint density at radius 3 is 2.86 bits per heavy atom. The number of carbonyl (C=O) groups is 2. The van der Waals surface area contributed by atoms with Gasteiger partial charge in [-0.2, -0.15) is 0 Å². The molecule has 2 aromatic carbocycles. The van der Waals surface area contributed by atoms with Gasteiger partial charge in [-0.1, -0.05) is 23.9 Å². The van der Waals surface area contributed by atoms with Crippen molar-refractivity contribution in [3.05, 3.63) is 81.9 Å². The summed E-state index contributed by atoms with van der Waals surface area (Å²) in [6, 6.07) is 13.1. The van der Waals surface area contributed by atoms with E-state index in [0.717, 1.165) is 29.2 Å². The Morgan fingerprint density at radius 2 is 2.00 bits per heavy atom. The third-order valence-electron chi connectivity index (χ3n) is 4.76. The molecule has 6 heteroatoms. The number of hydrogen-bond donors (Lipinski definition) is 2. The van der Waals surface area contributed by atoms with Crippen LogP contribution in [0.3, 0.4) is 0 Å². The number of fused-ring (bicyclic) bond motifs is 1. The van der Waals surface area contributed by atoms with Crippen LogP contribution in [0.25, 0.3) is 4.91 Å². The second-order valence-electron chi connectivity index (χ2n) is 6.64. The maximum Gasteiger partial charge on any atom is 0.253 e. The van der Waals surface area contributed by atoms with Crippen molar-refractivity contribution in [2.45, 2.75) is 12.8 Å². The lowest BCUT2D eigenvalue weighted by atomic mass is 10.1. The van der Waals surface area contributed by atoms with Crippen molar-refractivity contribution < 1.29 is 14.3 Å². The van der Waals surface area contributed by atoms with Crippen LogP contribution < -0.4 is 15.4 Å². The van der Waals surface area contributed by atoms with Crippen LogP contribution in [0.15, 0.2) is 65.3 Å². The molecule has 0 spiro atoms. The van der Waals surface area contributed by atoms with E-state index in [-0.39, 0.29) is 11.8 Å². The number of benzene rings is 2. The predicted octanol–water partition coefficient (Wildman–Crippen LogP) is 4.14. The van der Waals surface area contributed by atoms with Crippen molar-refractivity contribution in [3.8, 4) is 5.75 Å². The summed E-state index contributed by atoms with van der Waals surface area (Å²) in [5, 5.41) is 7.30. The Labute approximate surface area is 173 Å². The Kier molecular flexibility index (Phi) is 5.56. The number of hydrogen-bond acceptors (Lipinski definition) is 4. The first-order valence-electron chi connectivity index (χ1n) is 9.35. The van der Waals surface area contributed by atoms with Gasteiger partial charge in [-0.15, -0.1) is 5.73 Å². The zero-order valence-corrected chi connectivity index (χ0v) is 16.8. The van der Waals surface area contributed by atoms with Gasteiger partial charge in [-0.05, 0) is 52.9 Å². The van der Waals surface area contributed by atoms with Gasteiger partial charge in [-0.3, -0.25) is 9.59 Å². The minimum Gasteiger partial charge on any atom is -0.493 e. The summed E-state index contributed by atoms with van der Waals surface area (Å²) in [7, 11) is 1.56. The Morgan fingerprint density at radius 1 is 1.14 bits per heavy atom. The average Bonchev–Trinajstić information content (AvgIpc) is 3.08. The van der Waals surface area contributed by atoms with E-state index in [4.69, 9.17) is 4.74 Å². The molecule has 0 atom stereocenters. The first-order valence-corrected chi connectivity index (χ1v) is 10.2. The summed E-state index contributed by atoms with van der Waals surface area (Å²) >= 11 is 1.48. The zero-order chi connectivity index (χ0) is 20.2. The minimum absolute atomic E-state index is 0.226. The molecular weight excluding hydrogens is 384 g/mol. The summed E-state index contributed by atoms with van der Waals surface area (Å²) in [6.45, 7) is 0.725. The molecule has 0 aromatic heterocycles. The smallest absolute Gasteiger partial charge is 0.253 e. The van der Waals surface area contributed by atoms with Gasteiger partial charge < -0.3 is 15.4 Å². The molecule has 0 saturated heterocycles. The van der Waals surface area contributed by atoms with Gasteiger partial charge in [0.25, 0.3) is 11.8 Å². The third kappa shape index (κ3) is 4.14. The third-order valence-corrected chi connectivity index (χ3v) is 5.76. The number of nitrogens with one attached hydrogen (secondary N) is 2. The number of ether oxygens (including phenoxy) is 1. The largest absolute Gasteiger partial charge is 0.493 e. The van der Waals surface area contributed by atoms with Crippen LogP contribution in [0.5, 0.6) is 5.75 Å². The zero-order valence-electron chi connectivity index (χ0n) is 16.0. The fraction of sp³-hybridized carbons (Fsp3) is 0.174. The highest BCUT2D eigenvalue weighted by atomic mass is 32.2. The lowest BCUT2D eigenvalue weighted by molar-refractivity contribution is -0.112. The first kappa shape index (κ1) is 19.1. The van der Waals surface area contributed by atoms with Gasteiger partial charge in [0, 0.05) is 25.5 Å². The van der Waals surface area contributed by atoms with Crippen LogP contribution in [0, 0.1) is 0 Å². The Bertz CT molecular complexity index is 1080. The van der Waals surface area contributed by atoms with Crippen LogP contribution in [0.4, 0.5) is 5.69 Å². The molecule has 4 rings (SSSR count). The van der Waals surface area contributed by atoms with E-state index in [1.165, 1.54) is 17.3 Å². The van der Waals surface area contributed by atoms with E-state index in [1.807, 2.05) is 23.6 Å². The fourth-order valence-electron chi connectivity index (χ4n) is 3.22. The lowest BCUT2D eigenvalue weighted by Gasteiger charge is -2.11. The van der Waals surface area contributed by atoms with Crippen molar-refractivity contribution in [3.63, 3.8) is 0 Å². The summed E-state index contributed by atoms with van der Waals surface area (Å²) in [5.41, 5.74) is 7.10. The van der Waals surface area contributed by atoms with Crippen LogP contribution in [0.2, 0.25) is 0 Å². The maximum atomic E-state index is 12.8. The van der Waals surface area contributed by atoms with Crippen LogP contribution in [-0.4, -0.2) is 25.5 Å². The van der Waals surface area contributed by atoms with Crippen molar-refractivity contribution in [1.29, 1.82) is 0 Å². The quantitative estimate of drug-likeness (QED) is 0.752. The monoisotopic (exact) mass is 404 g/mol. The summed E-state index contributed by atoms with van der Waals surface area (Å²) in [5.74, 6) is 0.479. The summed E-state index contributed by atoms with van der Waals surface area (Å²) < 4.78 is 5.57. The topological polar surface area (TPSA) is 67.4 Å². The van der Waals surface area contributed by atoms with Gasteiger partial charge >= 0.3 is 0 Å². The number of allylic oxidation sites excluding steroid dienone is 1. The molecule has 2 amide bonds. The van der Waals surface area contributed by atoms with Gasteiger partial charge in [-0.25, -0.2) is 0 Å².